The molecule has 1 aliphatic heterocycles. The van der Waals surface area contributed by atoms with Gasteiger partial charge in [0, 0.05) is 37.1 Å². The Hall–Kier alpha value is -2.28. The molecule has 0 aliphatic carbocycles. The molecule has 1 aromatic carbocycles. The summed E-state index contributed by atoms with van der Waals surface area (Å²) in [5.41, 5.74) is 3.01. The average Bonchev–Trinajstić information content (AvgIpc) is 2.90. The molecule has 1 aliphatic rings. The maximum atomic E-state index is 11.4. The van der Waals surface area contributed by atoms with Crippen LogP contribution in [0.3, 0.4) is 0 Å². The fourth-order valence-corrected chi connectivity index (χ4v) is 3.06. The summed E-state index contributed by atoms with van der Waals surface area (Å²) in [6.07, 6.45) is 4.07. The maximum absolute atomic E-state index is 11.4. The number of H-pyrrole nitrogens is 1. The SMILES string of the molecule is CC(=O)N1CCC(c2c[nH]c3cc(C#N)ccc23)CC1. The maximum Gasteiger partial charge on any atom is 0.219 e. The van der Waals surface area contributed by atoms with E-state index in [2.05, 4.69) is 17.3 Å². The van der Waals surface area contributed by atoms with Crippen LogP contribution in [0.5, 0.6) is 0 Å². The van der Waals surface area contributed by atoms with Crippen LogP contribution in [0.15, 0.2) is 24.4 Å². The highest BCUT2D eigenvalue weighted by Crippen LogP contribution is 2.33. The predicted molar refractivity (Wildman–Crippen MR) is 77.2 cm³/mol. The molecule has 0 unspecified atom stereocenters. The van der Waals surface area contributed by atoms with E-state index in [4.69, 9.17) is 5.26 Å². The van der Waals surface area contributed by atoms with Gasteiger partial charge in [-0.1, -0.05) is 6.07 Å². The summed E-state index contributed by atoms with van der Waals surface area (Å²) >= 11 is 0. The molecule has 1 N–H and O–H groups in total. The molecule has 20 heavy (non-hydrogen) atoms. The summed E-state index contributed by atoms with van der Waals surface area (Å²) in [7, 11) is 0. The van der Waals surface area contributed by atoms with Gasteiger partial charge in [0.25, 0.3) is 0 Å². The van der Waals surface area contributed by atoms with Crippen LogP contribution in [0, 0.1) is 11.3 Å². The Morgan fingerprint density at radius 3 is 2.80 bits per heavy atom. The van der Waals surface area contributed by atoms with Gasteiger partial charge in [-0.05, 0) is 36.5 Å². The smallest absolute Gasteiger partial charge is 0.219 e. The highest BCUT2D eigenvalue weighted by Gasteiger charge is 2.23. The van der Waals surface area contributed by atoms with Crippen molar-refractivity contribution in [3.8, 4) is 6.07 Å². The molecule has 1 saturated heterocycles. The van der Waals surface area contributed by atoms with Crippen molar-refractivity contribution in [2.75, 3.05) is 13.1 Å². The first kappa shape index (κ1) is 12.7. The van der Waals surface area contributed by atoms with E-state index < -0.39 is 0 Å². The third kappa shape index (κ3) is 2.16. The number of nitriles is 1. The minimum absolute atomic E-state index is 0.168. The quantitative estimate of drug-likeness (QED) is 0.863. The van der Waals surface area contributed by atoms with E-state index in [1.165, 1.54) is 10.9 Å². The van der Waals surface area contributed by atoms with E-state index in [9.17, 15) is 4.79 Å². The number of carbonyl (C=O) groups excluding carboxylic acids is 1. The van der Waals surface area contributed by atoms with Crippen LogP contribution in [0.4, 0.5) is 0 Å². The fourth-order valence-electron chi connectivity index (χ4n) is 3.06. The number of piperidine rings is 1. The summed E-state index contributed by atoms with van der Waals surface area (Å²) in [4.78, 5) is 16.5. The van der Waals surface area contributed by atoms with Crippen LogP contribution in [0.25, 0.3) is 10.9 Å². The monoisotopic (exact) mass is 267 g/mol. The first-order valence-electron chi connectivity index (χ1n) is 6.95. The Labute approximate surface area is 118 Å². The van der Waals surface area contributed by atoms with Gasteiger partial charge in [0.1, 0.15) is 0 Å². The zero-order valence-electron chi connectivity index (χ0n) is 11.5. The molecule has 2 heterocycles. The van der Waals surface area contributed by atoms with Crippen molar-refractivity contribution < 1.29 is 4.79 Å². The normalized spacial score (nSPS) is 16.3. The topological polar surface area (TPSA) is 59.9 Å². The molecule has 1 fully saturated rings. The van der Waals surface area contributed by atoms with Crippen molar-refractivity contribution >= 4 is 16.8 Å². The van der Waals surface area contributed by atoms with Crippen molar-refractivity contribution in [2.45, 2.75) is 25.7 Å². The van der Waals surface area contributed by atoms with Crippen molar-refractivity contribution in [1.82, 2.24) is 9.88 Å². The van der Waals surface area contributed by atoms with Crippen LogP contribution < -0.4 is 0 Å². The lowest BCUT2D eigenvalue weighted by molar-refractivity contribution is -0.129. The summed E-state index contributed by atoms with van der Waals surface area (Å²) in [5, 5.41) is 10.1. The van der Waals surface area contributed by atoms with Gasteiger partial charge in [0.15, 0.2) is 0 Å². The number of amides is 1. The number of hydrogen-bond acceptors (Lipinski definition) is 2. The van der Waals surface area contributed by atoms with E-state index in [0.717, 1.165) is 31.4 Å². The van der Waals surface area contributed by atoms with Crippen LogP contribution in [0.1, 0.15) is 36.8 Å². The van der Waals surface area contributed by atoms with E-state index >= 15 is 0 Å². The molecule has 102 valence electrons. The lowest BCUT2D eigenvalue weighted by Gasteiger charge is -2.31. The van der Waals surface area contributed by atoms with Crippen molar-refractivity contribution in [3.05, 3.63) is 35.5 Å². The third-order valence-electron chi connectivity index (χ3n) is 4.22. The van der Waals surface area contributed by atoms with Gasteiger partial charge in [0.05, 0.1) is 11.6 Å². The summed E-state index contributed by atoms with van der Waals surface area (Å²) in [6.45, 7) is 3.31. The second kappa shape index (κ2) is 5.01. The number of aromatic amines is 1. The zero-order valence-corrected chi connectivity index (χ0v) is 11.5. The van der Waals surface area contributed by atoms with Crippen LogP contribution in [-0.2, 0) is 4.79 Å². The van der Waals surface area contributed by atoms with Gasteiger partial charge in [0.2, 0.25) is 5.91 Å². The molecule has 4 nitrogen and oxygen atoms in total. The first-order valence-corrected chi connectivity index (χ1v) is 6.95. The Bertz CT molecular complexity index is 687. The Kier molecular flexibility index (Phi) is 3.19. The number of fused-ring (bicyclic) bond motifs is 1. The third-order valence-corrected chi connectivity index (χ3v) is 4.22. The number of nitrogens with zero attached hydrogens (tertiary/aromatic N) is 2. The lowest BCUT2D eigenvalue weighted by Crippen LogP contribution is -2.36. The number of benzene rings is 1. The van der Waals surface area contributed by atoms with Gasteiger partial charge in [-0.15, -0.1) is 0 Å². The highest BCUT2D eigenvalue weighted by atomic mass is 16.2. The molecule has 1 amide bonds. The number of nitrogens with one attached hydrogen (secondary N) is 1. The Morgan fingerprint density at radius 1 is 1.40 bits per heavy atom. The molecular weight excluding hydrogens is 250 g/mol. The molecule has 0 radical (unpaired) electrons. The number of aromatic nitrogens is 1. The minimum Gasteiger partial charge on any atom is -0.361 e. The summed E-state index contributed by atoms with van der Waals surface area (Å²) in [5.74, 6) is 0.660. The highest BCUT2D eigenvalue weighted by molar-refractivity contribution is 5.85. The zero-order chi connectivity index (χ0) is 14.1. The molecule has 2 aromatic rings. The van der Waals surface area contributed by atoms with E-state index in [0.29, 0.717) is 11.5 Å². The predicted octanol–water partition coefficient (Wildman–Crippen LogP) is 2.77. The van der Waals surface area contributed by atoms with Crippen molar-refractivity contribution in [2.24, 2.45) is 0 Å². The molecule has 0 atom stereocenters. The van der Waals surface area contributed by atoms with Gasteiger partial charge < -0.3 is 9.88 Å². The van der Waals surface area contributed by atoms with Gasteiger partial charge in [-0.25, -0.2) is 0 Å². The average molecular weight is 267 g/mol. The number of hydrogen-bond donors (Lipinski definition) is 1. The molecule has 0 spiro atoms. The number of rotatable bonds is 1. The standard InChI is InChI=1S/C16H17N3O/c1-11(20)19-6-4-13(5-7-19)15-10-18-16-8-12(9-17)2-3-14(15)16/h2-3,8,10,13,18H,4-7H2,1H3. The van der Waals surface area contributed by atoms with E-state index in [-0.39, 0.29) is 5.91 Å². The van der Waals surface area contributed by atoms with Crippen LogP contribution >= 0.6 is 0 Å². The molecule has 0 bridgehead atoms. The molecule has 0 saturated carbocycles. The second-order valence-electron chi connectivity index (χ2n) is 5.40. The molecule has 4 heteroatoms. The summed E-state index contributed by atoms with van der Waals surface area (Å²) < 4.78 is 0. The van der Waals surface area contributed by atoms with Gasteiger partial charge >= 0.3 is 0 Å². The minimum atomic E-state index is 0.168. The second-order valence-corrected chi connectivity index (χ2v) is 5.40. The van der Waals surface area contributed by atoms with Crippen LogP contribution in [-0.4, -0.2) is 28.9 Å². The summed E-state index contributed by atoms with van der Waals surface area (Å²) in [6, 6.07) is 7.94. The van der Waals surface area contributed by atoms with E-state index in [1.807, 2.05) is 23.1 Å². The van der Waals surface area contributed by atoms with E-state index in [1.54, 1.807) is 6.92 Å². The van der Waals surface area contributed by atoms with Gasteiger partial charge in [-0.3, -0.25) is 4.79 Å². The van der Waals surface area contributed by atoms with Crippen molar-refractivity contribution in [1.29, 1.82) is 5.26 Å². The molecular formula is C16H17N3O. The van der Waals surface area contributed by atoms with Gasteiger partial charge in [-0.2, -0.15) is 5.26 Å². The number of carbonyl (C=O) groups is 1. The lowest BCUT2D eigenvalue weighted by atomic mass is 9.89. The molecule has 3 rings (SSSR count). The van der Waals surface area contributed by atoms with Crippen LogP contribution in [0.2, 0.25) is 0 Å². The first-order chi connectivity index (χ1) is 9.69. The number of likely N-dealkylation sites (tertiary alicyclic amines) is 1. The Morgan fingerprint density at radius 2 is 2.15 bits per heavy atom. The fraction of sp³-hybridized carbons (Fsp3) is 0.375. The Balaban J connectivity index is 1.85. The largest absolute Gasteiger partial charge is 0.361 e. The van der Waals surface area contributed by atoms with Crippen molar-refractivity contribution in [3.63, 3.8) is 0 Å². The molecule has 1 aromatic heterocycles.